The maximum Gasteiger partial charge on any atom is 0.255 e. The first-order valence-electron chi connectivity index (χ1n) is 9.48. The minimum Gasteiger partial charge on any atom is -0.336 e. The summed E-state index contributed by atoms with van der Waals surface area (Å²) < 4.78 is 0. The Hall–Kier alpha value is -2.33. The van der Waals surface area contributed by atoms with Gasteiger partial charge < -0.3 is 10.2 Å². The largest absolute Gasteiger partial charge is 0.336 e. The third-order valence-corrected chi connectivity index (χ3v) is 5.40. The highest BCUT2D eigenvalue weighted by Gasteiger charge is 2.26. The average Bonchev–Trinajstić information content (AvgIpc) is 2.69. The molecule has 0 radical (unpaired) electrons. The van der Waals surface area contributed by atoms with Crippen molar-refractivity contribution in [1.29, 1.82) is 0 Å². The molecule has 3 rings (SSSR count). The van der Waals surface area contributed by atoms with Gasteiger partial charge in [0, 0.05) is 34.4 Å². The quantitative estimate of drug-likeness (QED) is 0.776. The lowest BCUT2D eigenvalue weighted by Crippen LogP contribution is -2.43. The van der Waals surface area contributed by atoms with Crippen molar-refractivity contribution in [2.45, 2.75) is 45.6 Å². The lowest BCUT2D eigenvalue weighted by atomic mass is 9.98. The van der Waals surface area contributed by atoms with Gasteiger partial charge in [0.05, 0.1) is 0 Å². The van der Waals surface area contributed by atoms with Crippen LogP contribution in [0.3, 0.4) is 0 Å². The van der Waals surface area contributed by atoms with Crippen molar-refractivity contribution in [2.24, 2.45) is 0 Å². The summed E-state index contributed by atoms with van der Waals surface area (Å²) in [7, 11) is 0. The monoisotopic (exact) mass is 384 g/mol. The van der Waals surface area contributed by atoms with Gasteiger partial charge in [0.2, 0.25) is 0 Å². The van der Waals surface area contributed by atoms with Crippen molar-refractivity contribution in [3.63, 3.8) is 0 Å². The second-order valence-corrected chi connectivity index (χ2v) is 7.49. The highest BCUT2D eigenvalue weighted by molar-refractivity contribution is 6.30. The van der Waals surface area contributed by atoms with E-state index in [-0.39, 0.29) is 11.8 Å². The predicted molar refractivity (Wildman–Crippen MR) is 110 cm³/mol. The Balaban J connectivity index is 1.78. The summed E-state index contributed by atoms with van der Waals surface area (Å²) in [6, 6.07) is 12.6. The standard InChI is InChI=1S/C22H25ClN2O2/c1-3-19-9-4-5-12-25(19)22(27)17-8-6-7-16(14-17)21(26)24-20-11-10-18(23)13-15(20)2/h6-8,10-11,13-14,19H,3-5,9,12H2,1-2H3,(H,24,26). The fourth-order valence-electron chi connectivity index (χ4n) is 3.61. The first-order valence-corrected chi connectivity index (χ1v) is 9.86. The van der Waals surface area contributed by atoms with Crippen LogP contribution in [0.15, 0.2) is 42.5 Å². The molecule has 2 aromatic carbocycles. The van der Waals surface area contributed by atoms with Crippen molar-refractivity contribution in [1.82, 2.24) is 4.90 Å². The third kappa shape index (κ3) is 4.51. The van der Waals surface area contributed by atoms with Gasteiger partial charge >= 0.3 is 0 Å². The Morgan fingerprint density at radius 3 is 2.67 bits per heavy atom. The number of anilines is 1. The summed E-state index contributed by atoms with van der Waals surface area (Å²) in [4.78, 5) is 27.6. The van der Waals surface area contributed by atoms with E-state index in [9.17, 15) is 9.59 Å². The molecule has 0 spiro atoms. The Morgan fingerprint density at radius 1 is 1.15 bits per heavy atom. The molecule has 4 nitrogen and oxygen atoms in total. The van der Waals surface area contributed by atoms with Gasteiger partial charge in [-0.05, 0) is 74.6 Å². The molecule has 0 aliphatic carbocycles. The Kier molecular flexibility index (Phi) is 6.17. The molecule has 0 bridgehead atoms. The van der Waals surface area contributed by atoms with Crippen LogP contribution in [0.2, 0.25) is 5.02 Å². The van der Waals surface area contributed by atoms with Gasteiger partial charge in [0.1, 0.15) is 0 Å². The molecule has 2 amide bonds. The zero-order valence-corrected chi connectivity index (χ0v) is 16.6. The molecule has 1 unspecified atom stereocenters. The molecule has 1 saturated heterocycles. The fourth-order valence-corrected chi connectivity index (χ4v) is 3.84. The molecule has 142 valence electrons. The number of nitrogens with one attached hydrogen (secondary N) is 1. The maximum atomic E-state index is 13.0. The highest BCUT2D eigenvalue weighted by atomic mass is 35.5. The summed E-state index contributed by atoms with van der Waals surface area (Å²) in [5, 5.41) is 3.53. The minimum atomic E-state index is -0.235. The van der Waals surface area contributed by atoms with Gasteiger partial charge in [0.25, 0.3) is 11.8 Å². The summed E-state index contributed by atoms with van der Waals surface area (Å²) in [6.45, 7) is 4.80. The third-order valence-electron chi connectivity index (χ3n) is 5.17. The molecule has 2 aromatic rings. The van der Waals surface area contributed by atoms with Gasteiger partial charge in [-0.25, -0.2) is 0 Å². The molecule has 5 heteroatoms. The summed E-state index contributed by atoms with van der Waals surface area (Å²) in [5.41, 5.74) is 2.64. The van der Waals surface area contributed by atoms with E-state index in [0.717, 1.165) is 31.4 Å². The smallest absolute Gasteiger partial charge is 0.255 e. The van der Waals surface area contributed by atoms with Crippen LogP contribution < -0.4 is 5.32 Å². The zero-order valence-electron chi connectivity index (χ0n) is 15.8. The van der Waals surface area contributed by atoms with E-state index >= 15 is 0 Å². The Bertz CT molecular complexity index is 850. The first-order chi connectivity index (χ1) is 13.0. The number of piperidine rings is 1. The van der Waals surface area contributed by atoms with Crippen LogP contribution in [0, 0.1) is 6.92 Å². The summed E-state index contributed by atoms with van der Waals surface area (Å²) in [5.74, 6) is -0.223. The van der Waals surface area contributed by atoms with Crippen molar-refractivity contribution < 1.29 is 9.59 Å². The van der Waals surface area contributed by atoms with Gasteiger partial charge in [-0.15, -0.1) is 0 Å². The van der Waals surface area contributed by atoms with E-state index in [1.54, 1.807) is 42.5 Å². The van der Waals surface area contributed by atoms with E-state index in [0.29, 0.717) is 27.9 Å². The normalized spacial score (nSPS) is 16.9. The topological polar surface area (TPSA) is 49.4 Å². The number of amides is 2. The number of aryl methyl sites for hydroxylation is 1. The fraction of sp³-hybridized carbons (Fsp3) is 0.364. The first kappa shape index (κ1) is 19.4. The van der Waals surface area contributed by atoms with Crippen LogP contribution in [0.25, 0.3) is 0 Å². The molecule has 1 fully saturated rings. The highest BCUT2D eigenvalue weighted by Crippen LogP contribution is 2.23. The number of benzene rings is 2. The molecular weight excluding hydrogens is 360 g/mol. The van der Waals surface area contributed by atoms with Gasteiger partial charge in [0.15, 0.2) is 0 Å². The number of halogens is 1. The molecule has 27 heavy (non-hydrogen) atoms. The van der Waals surface area contributed by atoms with E-state index in [4.69, 9.17) is 11.6 Å². The van der Waals surface area contributed by atoms with Crippen molar-refractivity contribution >= 4 is 29.1 Å². The molecule has 1 N–H and O–H groups in total. The van der Waals surface area contributed by atoms with Crippen LogP contribution in [0.5, 0.6) is 0 Å². The SMILES string of the molecule is CCC1CCCCN1C(=O)c1cccc(C(=O)Nc2ccc(Cl)cc2C)c1. The van der Waals surface area contributed by atoms with Gasteiger partial charge in [-0.3, -0.25) is 9.59 Å². The second kappa shape index (κ2) is 8.57. The molecule has 0 aromatic heterocycles. The van der Waals surface area contributed by atoms with Crippen molar-refractivity contribution in [3.05, 3.63) is 64.2 Å². The van der Waals surface area contributed by atoms with Gasteiger partial charge in [-0.1, -0.05) is 24.6 Å². The Morgan fingerprint density at radius 2 is 1.93 bits per heavy atom. The minimum absolute atomic E-state index is 0.0128. The number of likely N-dealkylation sites (tertiary alicyclic amines) is 1. The van der Waals surface area contributed by atoms with Crippen LogP contribution in [-0.4, -0.2) is 29.3 Å². The molecule has 1 aliphatic rings. The zero-order chi connectivity index (χ0) is 19.4. The predicted octanol–water partition coefficient (Wildman–Crippen LogP) is 5.31. The van der Waals surface area contributed by atoms with Gasteiger partial charge in [-0.2, -0.15) is 0 Å². The van der Waals surface area contributed by atoms with Crippen LogP contribution in [-0.2, 0) is 0 Å². The number of nitrogens with zero attached hydrogens (tertiary/aromatic N) is 1. The van der Waals surface area contributed by atoms with E-state index in [1.165, 1.54) is 6.42 Å². The van der Waals surface area contributed by atoms with Crippen LogP contribution >= 0.6 is 11.6 Å². The van der Waals surface area contributed by atoms with Crippen LogP contribution in [0.1, 0.15) is 58.9 Å². The molecule has 1 heterocycles. The van der Waals surface area contributed by atoms with E-state index in [2.05, 4.69) is 12.2 Å². The molecule has 0 saturated carbocycles. The van der Waals surface area contributed by atoms with Crippen LogP contribution in [0.4, 0.5) is 5.69 Å². The number of rotatable bonds is 4. The summed E-state index contributed by atoms with van der Waals surface area (Å²) >= 11 is 5.97. The molecular formula is C22H25ClN2O2. The van der Waals surface area contributed by atoms with E-state index in [1.807, 2.05) is 11.8 Å². The lowest BCUT2D eigenvalue weighted by Gasteiger charge is -2.35. The average molecular weight is 385 g/mol. The van der Waals surface area contributed by atoms with Crippen molar-refractivity contribution in [2.75, 3.05) is 11.9 Å². The Labute approximate surface area is 165 Å². The lowest BCUT2D eigenvalue weighted by molar-refractivity contribution is 0.0608. The number of carbonyl (C=O) groups is 2. The summed E-state index contributed by atoms with van der Waals surface area (Å²) in [6.07, 6.45) is 4.23. The molecule has 1 atom stereocenters. The number of hydrogen-bond donors (Lipinski definition) is 1. The number of hydrogen-bond acceptors (Lipinski definition) is 2. The van der Waals surface area contributed by atoms with Crippen molar-refractivity contribution in [3.8, 4) is 0 Å². The molecule has 1 aliphatic heterocycles. The number of carbonyl (C=O) groups excluding carboxylic acids is 2. The maximum absolute atomic E-state index is 13.0. The second-order valence-electron chi connectivity index (χ2n) is 7.05. The van der Waals surface area contributed by atoms with E-state index < -0.39 is 0 Å².